The second-order valence-corrected chi connectivity index (χ2v) is 7.56. The van der Waals surface area contributed by atoms with Crippen LogP contribution in [-0.2, 0) is 0 Å². The minimum Gasteiger partial charge on any atom is -0.284 e. The van der Waals surface area contributed by atoms with Gasteiger partial charge in [-0.25, -0.2) is 4.79 Å². The molecule has 5 heteroatoms. The molecule has 1 aromatic rings. The highest BCUT2D eigenvalue weighted by Crippen LogP contribution is 2.31. The molecule has 0 N–H and O–H groups in total. The topological polar surface area (TPSA) is 35.9 Å². The molecule has 0 spiro atoms. The van der Waals surface area contributed by atoms with E-state index in [-0.39, 0.29) is 6.03 Å². The van der Waals surface area contributed by atoms with Crippen molar-refractivity contribution < 1.29 is 4.79 Å². The first-order valence-corrected chi connectivity index (χ1v) is 9.96. The van der Waals surface area contributed by atoms with Crippen LogP contribution in [0.1, 0.15) is 50.2 Å². The Morgan fingerprint density at radius 2 is 1.96 bits per heavy atom. The number of rotatable bonds is 3. The van der Waals surface area contributed by atoms with E-state index < -0.39 is 0 Å². The molecule has 1 aromatic carbocycles. The van der Waals surface area contributed by atoms with Crippen molar-refractivity contribution in [3.8, 4) is 0 Å². The van der Waals surface area contributed by atoms with Gasteiger partial charge in [0.15, 0.2) is 5.17 Å². The third-order valence-corrected chi connectivity index (χ3v) is 6.04. The summed E-state index contributed by atoms with van der Waals surface area (Å²) >= 11 is 1.69. The van der Waals surface area contributed by atoms with E-state index in [0.717, 1.165) is 23.7 Å². The molecule has 0 aromatic heterocycles. The lowest BCUT2D eigenvalue weighted by Crippen LogP contribution is -2.50. The number of thioether (sulfide) groups is 1. The molecule has 0 unspecified atom stereocenters. The van der Waals surface area contributed by atoms with E-state index in [1.807, 2.05) is 28.9 Å². The molecule has 2 aliphatic rings. The van der Waals surface area contributed by atoms with Crippen LogP contribution < -0.4 is 4.90 Å². The van der Waals surface area contributed by atoms with Crippen molar-refractivity contribution in [2.45, 2.75) is 58.9 Å². The largest absolute Gasteiger partial charge is 0.331 e. The zero-order valence-electron chi connectivity index (χ0n) is 14.9. The van der Waals surface area contributed by atoms with Crippen LogP contribution in [-0.4, -0.2) is 34.6 Å². The molecular weight excluding hydrogens is 318 g/mol. The van der Waals surface area contributed by atoms with Crippen LogP contribution in [0.5, 0.6) is 0 Å². The summed E-state index contributed by atoms with van der Waals surface area (Å²) in [7, 11) is 0. The second kappa shape index (κ2) is 7.60. The van der Waals surface area contributed by atoms with Gasteiger partial charge in [-0.1, -0.05) is 43.2 Å². The van der Waals surface area contributed by atoms with Crippen molar-refractivity contribution >= 4 is 28.6 Å². The Bertz CT molecular complexity index is 637. The second-order valence-electron chi connectivity index (χ2n) is 6.65. The molecule has 1 saturated carbocycles. The standard InChI is InChI=1S/C19H27N3OS/c1-4-21-18(20-16-10-6-5-7-11-16)24-13-22(19(21)23)17-12-8-9-14(2)15(17)3/h8-9,12,16H,4-7,10-11,13H2,1-3H3. The average Bonchev–Trinajstić information content (AvgIpc) is 2.59. The summed E-state index contributed by atoms with van der Waals surface area (Å²) in [6.45, 7) is 6.87. The molecule has 130 valence electrons. The van der Waals surface area contributed by atoms with Gasteiger partial charge in [0.1, 0.15) is 0 Å². The van der Waals surface area contributed by atoms with Gasteiger partial charge in [-0.05, 0) is 50.8 Å². The molecule has 0 radical (unpaired) electrons. The highest BCUT2D eigenvalue weighted by molar-refractivity contribution is 8.14. The zero-order chi connectivity index (χ0) is 17.1. The van der Waals surface area contributed by atoms with Gasteiger partial charge in [0.25, 0.3) is 0 Å². The Morgan fingerprint density at radius 3 is 2.67 bits per heavy atom. The number of nitrogens with zero attached hydrogens (tertiary/aromatic N) is 3. The maximum atomic E-state index is 13.0. The van der Waals surface area contributed by atoms with Gasteiger partial charge in [-0.3, -0.25) is 14.8 Å². The molecule has 0 bridgehead atoms. The van der Waals surface area contributed by atoms with Crippen LogP contribution >= 0.6 is 11.8 Å². The summed E-state index contributed by atoms with van der Waals surface area (Å²) in [6, 6.07) is 6.61. The average molecular weight is 346 g/mol. The van der Waals surface area contributed by atoms with Crippen LogP contribution in [0, 0.1) is 13.8 Å². The molecule has 1 aliphatic heterocycles. The van der Waals surface area contributed by atoms with Crippen molar-refractivity contribution in [2.75, 3.05) is 17.3 Å². The fraction of sp³-hybridized carbons (Fsp3) is 0.579. The lowest BCUT2D eigenvalue weighted by atomic mass is 9.96. The van der Waals surface area contributed by atoms with Crippen molar-refractivity contribution in [3.05, 3.63) is 29.3 Å². The highest BCUT2D eigenvalue weighted by Gasteiger charge is 2.32. The van der Waals surface area contributed by atoms with Gasteiger partial charge < -0.3 is 0 Å². The summed E-state index contributed by atoms with van der Waals surface area (Å²) in [5.41, 5.74) is 3.41. The predicted molar refractivity (Wildman–Crippen MR) is 103 cm³/mol. The lowest BCUT2D eigenvalue weighted by Gasteiger charge is -2.36. The minimum atomic E-state index is 0.0551. The van der Waals surface area contributed by atoms with Gasteiger partial charge in [0.05, 0.1) is 11.9 Å². The highest BCUT2D eigenvalue weighted by atomic mass is 32.2. The normalized spacial score (nSPS) is 21.6. The Labute approximate surface area is 149 Å². The fourth-order valence-electron chi connectivity index (χ4n) is 3.43. The van der Waals surface area contributed by atoms with E-state index in [1.54, 1.807) is 11.8 Å². The fourth-order valence-corrected chi connectivity index (χ4v) is 4.51. The van der Waals surface area contributed by atoms with Gasteiger partial charge in [0, 0.05) is 12.2 Å². The van der Waals surface area contributed by atoms with E-state index in [4.69, 9.17) is 4.99 Å². The maximum absolute atomic E-state index is 13.0. The molecule has 1 saturated heterocycles. The summed E-state index contributed by atoms with van der Waals surface area (Å²) in [6.07, 6.45) is 6.18. The third kappa shape index (κ3) is 3.46. The van der Waals surface area contributed by atoms with E-state index in [9.17, 15) is 4.79 Å². The van der Waals surface area contributed by atoms with Crippen LogP contribution in [0.25, 0.3) is 0 Å². The van der Waals surface area contributed by atoms with Gasteiger partial charge in [-0.15, -0.1) is 0 Å². The van der Waals surface area contributed by atoms with Gasteiger partial charge in [0.2, 0.25) is 0 Å². The molecule has 2 fully saturated rings. The van der Waals surface area contributed by atoms with E-state index in [0.29, 0.717) is 18.5 Å². The maximum Gasteiger partial charge on any atom is 0.331 e. The van der Waals surface area contributed by atoms with Crippen LogP contribution in [0.4, 0.5) is 10.5 Å². The Balaban J connectivity index is 1.82. The van der Waals surface area contributed by atoms with E-state index >= 15 is 0 Å². The van der Waals surface area contributed by atoms with Crippen molar-refractivity contribution in [1.29, 1.82) is 0 Å². The number of carbonyl (C=O) groups is 1. The first-order valence-electron chi connectivity index (χ1n) is 8.97. The number of anilines is 1. The first kappa shape index (κ1) is 17.3. The molecule has 1 heterocycles. The summed E-state index contributed by atoms with van der Waals surface area (Å²) < 4.78 is 0. The number of hydrogen-bond donors (Lipinski definition) is 0. The summed E-state index contributed by atoms with van der Waals surface area (Å²) in [5.74, 6) is 0.644. The third-order valence-electron chi connectivity index (χ3n) is 5.07. The van der Waals surface area contributed by atoms with Crippen LogP contribution in [0.2, 0.25) is 0 Å². The number of benzene rings is 1. The number of aliphatic imine (C=N–C) groups is 1. The predicted octanol–water partition coefficient (Wildman–Crippen LogP) is 4.94. The number of urea groups is 1. The molecular formula is C19H27N3OS. The molecule has 0 atom stereocenters. The molecule has 3 rings (SSSR count). The van der Waals surface area contributed by atoms with Crippen LogP contribution in [0.15, 0.2) is 23.2 Å². The van der Waals surface area contributed by atoms with E-state index in [1.165, 1.54) is 30.4 Å². The molecule has 4 nitrogen and oxygen atoms in total. The SMILES string of the molecule is CCN1C(=O)N(c2cccc(C)c2C)CSC1=NC1CCCCC1. The van der Waals surface area contributed by atoms with Crippen molar-refractivity contribution in [2.24, 2.45) is 4.99 Å². The number of aryl methyl sites for hydroxylation is 1. The smallest absolute Gasteiger partial charge is 0.284 e. The quantitative estimate of drug-likeness (QED) is 0.777. The number of hydrogen-bond acceptors (Lipinski definition) is 3. The minimum absolute atomic E-state index is 0.0551. The summed E-state index contributed by atoms with van der Waals surface area (Å²) in [4.78, 5) is 21.7. The lowest BCUT2D eigenvalue weighted by molar-refractivity contribution is 0.229. The monoisotopic (exact) mass is 345 g/mol. The Kier molecular flexibility index (Phi) is 5.49. The van der Waals surface area contributed by atoms with Crippen molar-refractivity contribution in [3.63, 3.8) is 0 Å². The van der Waals surface area contributed by atoms with Gasteiger partial charge >= 0.3 is 6.03 Å². The number of amides is 2. The molecule has 24 heavy (non-hydrogen) atoms. The van der Waals surface area contributed by atoms with Crippen LogP contribution in [0.3, 0.4) is 0 Å². The molecule has 2 amide bonds. The van der Waals surface area contributed by atoms with Gasteiger partial charge in [-0.2, -0.15) is 0 Å². The Morgan fingerprint density at radius 1 is 1.21 bits per heavy atom. The van der Waals surface area contributed by atoms with Crippen molar-refractivity contribution in [1.82, 2.24) is 4.90 Å². The summed E-state index contributed by atoms with van der Waals surface area (Å²) in [5, 5.41) is 0.913. The Hall–Kier alpha value is -1.49. The number of amidine groups is 1. The number of carbonyl (C=O) groups excluding carboxylic acids is 1. The van der Waals surface area contributed by atoms with E-state index in [2.05, 4.69) is 19.9 Å². The first-order chi connectivity index (χ1) is 11.6. The molecule has 1 aliphatic carbocycles. The zero-order valence-corrected chi connectivity index (χ0v) is 15.7.